The lowest BCUT2D eigenvalue weighted by Gasteiger charge is -2.32. The molecule has 8 aromatic carbocycles. The molecule has 2 aliphatic carbocycles. The Morgan fingerprint density at radius 1 is 0.289 bits per heavy atom. The highest BCUT2D eigenvalue weighted by atomic mass is 19.4. The van der Waals surface area contributed by atoms with Crippen LogP contribution in [0.2, 0.25) is 0 Å². The van der Waals surface area contributed by atoms with Crippen LogP contribution in [0.4, 0.5) is 13.2 Å². The van der Waals surface area contributed by atoms with Gasteiger partial charge in [-0.05, 0) is 268 Å². The van der Waals surface area contributed by atoms with Gasteiger partial charge in [0.2, 0.25) is 0 Å². The van der Waals surface area contributed by atoms with E-state index in [0.29, 0.717) is 11.3 Å². The highest BCUT2D eigenvalue weighted by Gasteiger charge is 2.47. The standard InChI is InChI=1S/C20H34.2C16H24.C15H21F3.2C15H24.C14H22.C13H20.8CH4/c1-8-15(9-2)17-13-12-14-18(16(10-3)11-4)19(17)20(5,6)7;2*1-16(2,3)15-12-8-7-11-14(15)13-9-5-4-6-10-13;1-13(2,3)12-9-7-6-8-11(12)10-14(4,5)15(16,17)18;1-14(2,3)11-12-9-7-8-10-13(12)15(4,5)6;1-6-12(7-2)13-10-8-9-11-14(13)15(3,4)5;1-11(2)10-12-8-6-7-9-13(12)14(3,4)5;1-10(2)11-8-6-7-9-12(11)13(3,4)5;;;;;;;;/h12-16H,8-11H2,1-7H3;2*7-8,11-13H,4-6,9-10H2,1-3H3;6-9H,10H2,1-5H3;7-10H,11H2,1-6H3;8-12H,6-7H2,1-5H3;6-9,11H,10H2,1-5H3;6-10H,1-5H3;8*1H4/i15D,16D;13D;;;;;;;;;;;;;;. The molecule has 0 bridgehead atoms. The van der Waals surface area contributed by atoms with Gasteiger partial charge in [-0.2, -0.15) is 13.2 Å². The maximum atomic E-state index is 12.9. The summed E-state index contributed by atoms with van der Waals surface area (Å²) < 4.78 is 65.5. The molecule has 0 heterocycles. The van der Waals surface area contributed by atoms with Gasteiger partial charge in [-0.15, -0.1) is 0 Å². The van der Waals surface area contributed by atoms with Crippen molar-refractivity contribution >= 4 is 0 Å². The van der Waals surface area contributed by atoms with Gasteiger partial charge in [0.25, 0.3) is 0 Å². The van der Waals surface area contributed by atoms with E-state index >= 15 is 0 Å². The van der Waals surface area contributed by atoms with E-state index in [4.69, 9.17) is 4.11 Å². The lowest BCUT2D eigenvalue weighted by molar-refractivity contribution is -0.211. The smallest absolute Gasteiger partial charge is 0.171 e. The van der Waals surface area contributed by atoms with E-state index in [1.165, 1.54) is 140 Å². The third-order valence-electron chi connectivity index (χ3n) is 25.5. The van der Waals surface area contributed by atoms with Gasteiger partial charge in [0.1, 0.15) is 0 Å². The number of benzene rings is 8. The molecule has 10 rings (SSSR count). The van der Waals surface area contributed by atoms with Gasteiger partial charge < -0.3 is 0 Å². The Balaban J connectivity index is -0.000000359. The van der Waals surface area contributed by atoms with E-state index in [0.717, 1.165) is 85.0 Å². The molecule has 3 heteroatoms. The molecule has 0 atom stereocenters. The Bertz CT molecular complexity index is 4520. The highest BCUT2D eigenvalue weighted by molar-refractivity contribution is 5.45. The van der Waals surface area contributed by atoms with Gasteiger partial charge in [0, 0.05) is 4.11 Å². The van der Waals surface area contributed by atoms with Crippen LogP contribution in [0.1, 0.15) is 566 Å². The second kappa shape index (κ2) is 62.0. The third-order valence-corrected chi connectivity index (χ3v) is 25.5. The first-order valence-electron chi connectivity index (χ1n) is 51.5. The summed E-state index contributed by atoms with van der Waals surface area (Å²) in [5, 5.41) is 0. The van der Waals surface area contributed by atoms with Crippen LogP contribution in [0.15, 0.2) is 188 Å². The van der Waals surface area contributed by atoms with Gasteiger partial charge >= 0.3 is 6.18 Å². The van der Waals surface area contributed by atoms with Crippen molar-refractivity contribution in [2.24, 2.45) is 16.7 Å². The van der Waals surface area contributed by atoms with E-state index in [9.17, 15) is 13.2 Å². The first kappa shape index (κ1) is 133. The summed E-state index contributed by atoms with van der Waals surface area (Å²) in [5.74, 6) is 1.46. The molecule has 0 spiro atoms. The summed E-state index contributed by atoms with van der Waals surface area (Å²) >= 11 is 0. The average molecular weight is 1870 g/mol. The van der Waals surface area contributed by atoms with Gasteiger partial charge in [-0.1, -0.05) is 556 Å². The van der Waals surface area contributed by atoms with Crippen LogP contribution in [0.3, 0.4) is 0 Å². The first-order chi connectivity index (χ1) is 59.6. The molecule has 0 aromatic heterocycles. The lowest BCUT2D eigenvalue weighted by Crippen LogP contribution is -2.34. The van der Waals surface area contributed by atoms with Crippen molar-refractivity contribution in [3.63, 3.8) is 0 Å². The Kier molecular flexibility index (Phi) is 60.9. The highest BCUT2D eigenvalue weighted by Crippen LogP contribution is 2.46. The van der Waals surface area contributed by atoms with Crippen molar-refractivity contribution in [2.75, 3.05) is 0 Å². The third kappa shape index (κ3) is 46.7. The molecule has 0 unspecified atom stereocenters. The second-order valence-electron chi connectivity index (χ2n) is 47.7. The number of hydrogen-bond donors (Lipinski definition) is 0. The molecule has 135 heavy (non-hydrogen) atoms. The topological polar surface area (TPSA) is 0 Å². The molecule has 2 saturated carbocycles. The molecule has 0 amide bonds. The molecule has 8 aromatic rings. The van der Waals surface area contributed by atoms with Crippen LogP contribution in [-0.2, 0) is 62.6 Å². The van der Waals surface area contributed by atoms with E-state index in [2.05, 4.69) is 399 Å². The van der Waals surface area contributed by atoms with Crippen molar-refractivity contribution in [1.29, 1.82) is 0 Å². The number of hydrogen-bond acceptors (Lipinski definition) is 0. The van der Waals surface area contributed by atoms with E-state index < -0.39 is 23.4 Å². The summed E-state index contributed by atoms with van der Waals surface area (Å²) in [7, 11) is 0. The van der Waals surface area contributed by atoms with Crippen LogP contribution < -0.4 is 0 Å². The van der Waals surface area contributed by atoms with E-state index in [-0.39, 0.29) is 115 Å². The van der Waals surface area contributed by atoms with Crippen molar-refractivity contribution in [2.45, 2.75) is 536 Å². The minimum atomic E-state index is -4.18. The SMILES string of the molecule is C.C.C.C.C.C.C.C.CC(C)(C)Cc1ccccc1C(C)(C)C.CC(C)(C)c1ccccc1C1CCCCC1.CC(C)(C)c1ccccc1CC(C)(C)C(F)(F)F.CC(C)Cc1ccccc1C(C)(C)C.CC(C)c1ccccc1C(C)(C)C.CCC(CC)c1ccccc1C(C)(C)C.[2H]C(CC)(CC)c1cccc(C([2H])(CC)CC)c1C(C)(C)C.[2H]C1(c2ccccc2C(C)(C)C)CCCCC1. The average Bonchev–Trinajstić information content (AvgIpc) is 0.747. The van der Waals surface area contributed by atoms with Gasteiger partial charge in [0.05, 0.1) is 5.41 Å². The van der Waals surface area contributed by atoms with Gasteiger partial charge in [0.15, 0.2) is 0 Å². The zero-order chi connectivity index (χ0) is 99.5. The molecule has 0 saturated heterocycles. The van der Waals surface area contributed by atoms with Crippen LogP contribution in [0, 0.1) is 16.7 Å². The zero-order valence-corrected chi connectivity index (χ0v) is 89.3. The van der Waals surface area contributed by atoms with E-state index in [1.54, 1.807) is 28.8 Å². The zero-order valence-electron chi connectivity index (χ0n) is 92.3. The summed E-state index contributed by atoms with van der Waals surface area (Å²) in [6, 6.07) is 66.7. The molecule has 774 valence electrons. The van der Waals surface area contributed by atoms with E-state index in [1.807, 2.05) is 32.9 Å². The first-order valence-corrected chi connectivity index (χ1v) is 50.0. The summed E-state index contributed by atoms with van der Waals surface area (Å²) in [4.78, 5) is 0. The molecule has 2 aliphatic rings. The fourth-order valence-corrected chi connectivity index (χ4v) is 18.6. The summed E-state index contributed by atoms with van der Waals surface area (Å²) in [5.41, 5.74) is 23.0. The Morgan fingerprint density at radius 2 is 0.563 bits per heavy atom. The van der Waals surface area contributed by atoms with Crippen LogP contribution >= 0.6 is 0 Å². The van der Waals surface area contributed by atoms with Gasteiger partial charge in [-0.3, -0.25) is 0 Å². The minimum Gasteiger partial charge on any atom is -0.171 e. The maximum Gasteiger partial charge on any atom is 0.394 e. The molecule has 0 nitrogen and oxygen atoms in total. The molecule has 2 fully saturated rings. The number of alkyl halides is 3. The predicted octanol–water partition coefficient (Wildman–Crippen LogP) is 44.8. The summed E-state index contributed by atoms with van der Waals surface area (Å²) in [6.45, 7) is 85.3. The van der Waals surface area contributed by atoms with Crippen molar-refractivity contribution in [3.05, 3.63) is 283 Å². The fraction of sp³-hybridized carbons (Fsp3) is 0.636. The molecule has 0 radical (unpaired) electrons. The molecule has 0 N–H and O–H groups in total. The fourth-order valence-electron chi connectivity index (χ4n) is 18.6. The number of rotatable bonds is 17. The Labute approximate surface area is 847 Å². The number of halogens is 3. The van der Waals surface area contributed by atoms with Crippen molar-refractivity contribution in [3.8, 4) is 0 Å². The minimum absolute atomic E-state index is 0. The molecular weight excluding hydrogens is 1640 g/mol. The van der Waals surface area contributed by atoms with Crippen LogP contribution in [0.25, 0.3) is 0 Å². The monoisotopic (exact) mass is 1870 g/mol. The Morgan fingerprint density at radius 3 is 0.874 bits per heavy atom. The molecular formula is C132H225F3. The summed E-state index contributed by atoms with van der Waals surface area (Å²) in [6.07, 6.45) is 16.7. The normalized spacial score (nSPS) is 14.0. The maximum absolute atomic E-state index is 12.9. The Hall–Kier alpha value is -6.45. The lowest BCUT2D eigenvalue weighted by atomic mass is 9.73. The van der Waals surface area contributed by atoms with Crippen LogP contribution in [0.5, 0.6) is 0 Å². The largest absolute Gasteiger partial charge is 0.394 e. The van der Waals surface area contributed by atoms with Crippen molar-refractivity contribution < 1.29 is 17.3 Å². The molecule has 0 aliphatic heterocycles. The van der Waals surface area contributed by atoms with Gasteiger partial charge in [-0.25, -0.2) is 0 Å². The van der Waals surface area contributed by atoms with Crippen LogP contribution in [-0.4, -0.2) is 6.18 Å². The van der Waals surface area contributed by atoms with Crippen molar-refractivity contribution in [1.82, 2.24) is 0 Å². The predicted molar refractivity (Wildman–Crippen MR) is 616 cm³/mol. The quantitative estimate of drug-likeness (QED) is 0.0852. The second-order valence-corrected chi connectivity index (χ2v) is 47.7.